The molecule has 0 spiro atoms. The monoisotopic (exact) mass is 285 g/mol. The molecule has 2 heterocycles. The Morgan fingerprint density at radius 2 is 1.90 bits per heavy atom. The fourth-order valence-corrected chi connectivity index (χ4v) is 1.94. The van der Waals surface area contributed by atoms with Gasteiger partial charge in [-0.1, -0.05) is 0 Å². The first-order valence-electron chi connectivity index (χ1n) is 6.71. The number of aryl methyl sites for hydroxylation is 1. The zero-order valence-corrected chi connectivity index (χ0v) is 12.7. The third-order valence-corrected chi connectivity index (χ3v) is 2.97. The summed E-state index contributed by atoms with van der Waals surface area (Å²) >= 11 is 0. The molecule has 6 heteroatoms. The normalized spacial score (nSPS) is 11.8. The van der Waals surface area contributed by atoms with Gasteiger partial charge in [-0.2, -0.15) is 0 Å². The number of carbonyl (C=O) groups is 1. The van der Waals surface area contributed by atoms with Crippen LogP contribution < -0.4 is 5.32 Å². The van der Waals surface area contributed by atoms with Crippen molar-refractivity contribution in [3.63, 3.8) is 0 Å². The zero-order chi connectivity index (χ0) is 15.4. The Hall–Kier alpha value is -2.50. The number of rotatable bonds is 4. The molecule has 1 N–H and O–H groups in total. The molecule has 0 aliphatic rings. The SMILES string of the molecule is Cc1cc(N[C@@H](C)C(=O)N(C)C)nc(-c2ccncc2)n1. The van der Waals surface area contributed by atoms with E-state index in [1.165, 1.54) is 0 Å². The molecule has 0 aliphatic carbocycles. The van der Waals surface area contributed by atoms with Crippen LogP contribution in [0.4, 0.5) is 5.82 Å². The first-order valence-corrected chi connectivity index (χ1v) is 6.71. The van der Waals surface area contributed by atoms with E-state index in [2.05, 4.69) is 20.3 Å². The van der Waals surface area contributed by atoms with Gasteiger partial charge in [-0.3, -0.25) is 9.78 Å². The molecule has 0 saturated carbocycles. The summed E-state index contributed by atoms with van der Waals surface area (Å²) in [5, 5.41) is 3.12. The standard InChI is InChI=1S/C15H19N5O/c1-10-9-13(18-11(2)15(21)20(3)4)19-14(17-10)12-5-7-16-8-6-12/h5-9,11H,1-4H3,(H,17,18,19)/t11-/m0/s1. The number of nitrogens with zero attached hydrogens (tertiary/aromatic N) is 4. The molecular weight excluding hydrogens is 266 g/mol. The molecule has 21 heavy (non-hydrogen) atoms. The van der Waals surface area contributed by atoms with Crippen LogP contribution in [0.2, 0.25) is 0 Å². The van der Waals surface area contributed by atoms with E-state index in [1.807, 2.05) is 32.0 Å². The molecule has 110 valence electrons. The van der Waals surface area contributed by atoms with Crippen molar-refractivity contribution < 1.29 is 4.79 Å². The molecule has 0 aromatic carbocycles. The quantitative estimate of drug-likeness (QED) is 0.926. The Morgan fingerprint density at radius 3 is 2.52 bits per heavy atom. The lowest BCUT2D eigenvalue weighted by atomic mass is 10.2. The third kappa shape index (κ3) is 3.75. The summed E-state index contributed by atoms with van der Waals surface area (Å²) in [5.74, 6) is 1.25. The topological polar surface area (TPSA) is 71.0 Å². The number of aromatic nitrogens is 3. The third-order valence-electron chi connectivity index (χ3n) is 2.97. The van der Waals surface area contributed by atoms with Crippen molar-refractivity contribution >= 4 is 11.7 Å². The summed E-state index contributed by atoms with van der Waals surface area (Å²) in [4.78, 5) is 26.3. The molecule has 2 rings (SSSR count). The van der Waals surface area contributed by atoms with E-state index in [1.54, 1.807) is 31.4 Å². The minimum atomic E-state index is -0.348. The first kappa shape index (κ1) is 14.9. The molecule has 6 nitrogen and oxygen atoms in total. The summed E-state index contributed by atoms with van der Waals surface area (Å²) in [7, 11) is 3.46. The second kappa shape index (κ2) is 6.30. The fraction of sp³-hybridized carbons (Fsp3) is 0.333. The van der Waals surface area contributed by atoms with Crippen molar-refractivity contribution in [1.82, 2.24) is 19.9 Å². The Labute approximate surface area is 124 Å². The Morgan fingerprint density at radius 1 is 1.24 bits per heavy atom. The Kier molecular flexibility index (Phi) is 4.47. The molecule has 0 radical (unpaired) electrons. The molecule has 0 saturated heterocycles. The van der Waals surface area contributed by atoms with Gasteiger partial charge in [0.05, 0.1) is 0 Å². The van der Waals surface area contributed by atoms with Crippen LogP contribution in [-0.2, 0) is 4.79 Å². The highest BCUT2D eigenvalue weighted by molar-refractivity contribution is 5.83. The summed E-state index contributed by atoms with van der Waals surface area (Å²) in [6.07, 6.45) is 3.40. The van der Waals surface area contributed by atoms with Crippen LogP contribution in [0.1, 0.15) is 12.6 Å². The molecule has 1 amide bonds. The molecule has 0 unspecified atom stereocenters. The number of likely N-dealkylation sites (N-methyl/N-ethyl adjacent to an activating group) is 1. The van der Waals surface area contributed by atoms with Crippen LogP contribution in [0.5, 0.6) is 0 Å². The van der Waals surface area contributed by atoms with Gasteiger partial charge in [0, 0.05) is 43.8 Å². The minimum Gasteiger partial charge on any atom is -0.358 e. The average molecular weight is 285 g/mol. The lowest BCUT2D eigenvalue weighted by Crippen LogP contribution is -2.36. The van der Waals surface area contributed by atoms with Crippen LogP contribution >= 0.6 is 0 Å². The maximum absolute atomic E-state index is 11.9. The average Bonchev–Trinajstić information content (AvgIpc) is 2.46. The van der Waals surface area contributed by atoms with Crippen LogP contribution in [0.3, 0.4) is 0 Å². The second-order valence-corrected chi connectivity index (χ2v) is 5.05. The largest absolute Gasteiger partial charge is 0.358 e. The maximum atomic E-state index is 11.9. The van der Waals surface area contributed by atoms with E-state index < -0.39 is 0 Å². The summed E-state index contributed by atoms with van der Waals surface area (Å²) in [6, 6.07) is 5.18. The van der Waals surface area contributed by atoms with E-state index in [0.717, 1.165) is 11.3 Å². The van der Waals surface area contributed by atoms with Gasteiger partial charge in [0.25, 0.3) is 0 Å². The number of carbonyl (C=O) groups excluding carboxylic acids is 1. The lowest BCUT2D eigenvalue weighted by molar-refractivity contribution is -0.129. The fourth-order valence-electron chi connectivity index (χ4n) is 1.94. The molecule has 2 aromatic heterocycles. The van der Waals surface area contributed by atoms with E-state index in [4.69, 9.17) is 0 Å². The zero-order valence-electron chi connectivity index (χ0n) is 12.7. The molecule has 1 atom stereocenters. The van der Waals surface area contributed by atoms with Crippen molar-refractivity contribution in [1.29, 1.82) is 0 Å². The van der Waals surface area contributed by atoms with Gasteiger partial charge in [-0.05, 0) is 26.0 Å². The highest BCUT2D eigenvalue weighted by Crippen LogP contribution is 2.17. The predicted molar refractivity (Wildman–Crippen MR) is 81.8 cm³/mol. The van der Waals surface area contributed by atoms with Crippen LogP contribution in [0.25, 0.3) is 11.4 Å². The smallest absolute Gasteiger partial charge is 0.244 e. The minimum absolute atomic E-state index is 0.00303. The van der Waals surface area contributed by atoms with Gasteiger partial charge in [0.15, 0.2) is 5.82 Å². The Balaban J connectivity index is 2.26. The molecule has 2 aromatic rings. The van der Waals surface area contributed by atoms with Crippen molar-refractivity contribution in [2.24, 2.45) is 0 Å². The van der Waals surface area contributed by atoms with E-state index >= 15 is 0 Å². The predicted octanol–water partition coefficient (Wildman–Crippen LogP) is 1.74. The van der Waals surface area contributed by atoms with E-state index in [0.29, 0.717) is 11.6 Å². The molecule has 0 bridgehead atoms. The van der Waals surface area contributed by atoms with Gasteiger partial charge in [-0.25, -0.2) is 9.97 Å². The molecular formula is C15H19N5O. The highest BCUT2D eigenvalue weighted by atomic mass is 16.2. The summed E-state index contributed by atoms with van der Waals surface area (Å²) in [6.45, 7) is 3.71. The number of amides is 1. The van der Waals surface area contributed by atoms with Gasteiger partial charge in [0.2, 0.25) is 5.91 Å². The van der Waals surface area contributed by atoms with Crippen molar-refractivity contribution in [2.75, 3.05) is 19.4 Å². The summed E-state index contributed by atoms with van der Waals surface area (Å²) in [5.41, 5.74) is 1.73. The van der Waals surface area contributed by atoms with Crippen molar-refractivity contribution in [3.05, 3.63) is 36.3 Å². The van der Waals surface area contributed by atoms with Gasteiger partial charge >= 0.3 is 0 Å². The number of hydrogen-bond donors (Lipinski definition) is 1. The van der Waals surface area contributed by atoms with Crippen molar-refractivity contribution in [2.45, 2.75) is 19.9 Å². The molecule has 0 aliphatic heterocycles. The summed E-state index contributed by atoms with van der Waals surface area (Å²) < 4.78 is 0. The van der Waals surface area contributed by atoms with Gasteiger partial charge in [0.1, 0.15) is 11.9 Å². The maximum Gasteiger partial charge on any atom is 0.244 e. The lowest BCUT2D eigenvalue weighted by Gasteiger charge is -2.18. The number of hydrogen-bond acceptors (Lipinski definition) is 5. The first-order chi connectivity index (χ1) is 9.97. The molecule has 0 fully saturated rings. The second-order valence-electron chi connectivity index (χ2n) is 5.05. The van der Waals surface area contributed by atoms with Crippen LogP contribution in [0.15, 0.2) is 30.6 Å². The number of nitrogens with one attached hydrogen (secondary N) is 1. The number of pyridine rings is 1. The van der Waals surface area contributed by atoms with Crippen molar-refractivity contribution in [3.8, 4) is 11.4 Å². The van der Waals surface area contributed by atoms with Crippen LogP contribution in [-0.4, -0.2) is 45.9 Å². The van der Waals surface area contributed by atoms with Gasteiger partial charge < -0.3 is 10.2 Å². The van der Waals surface area contributed by atoms with E-state index in [-0.39, 0.29) is 11.9 Å². The van der Waals surface area contributed by atoms with E-state index in [9.17, 15) is 4.79 Å². The van der Waals surface area contributed by atoms with Gasteiger partial charge in [-0.15, -0.1) is 0 Å². The van der Waals surface area contributed by atoms with Crippen LogP contribution in [0, 0.1) is 6.92 Å². The number of anilines is 1. The highest BCUT2D eigenvalue weighted by Gasteiger charge is 2.15. The Bertz CT molecular complexity index is 627.